The van der Waals surface area contributed by atoms with E-state index < -0.39 is 8.07 Å². The van der Waals surface area contributed by atoms with Crippen LogP contribution in [0, 0.1) is 0 Å². The lowest BCUT2D eigenvalue weighted by molar-refractivity contribution is -0.135. The van der Waals surface area contributed by atoms with Gasteiger partial charge in [0.2, 0.25) is 5.13 Å². The van der Waals surface area contributed by atoms with Gasteiger partial charge in [0, 0.05) is 54.6 Å². The van der Waals surface area contributed by atoms with E-state index in [1.54, 1.807) is 17.5 Å². The van der Waals surface area contributed by atoms with Crippen LogP contribution >= 0.6 is 27.3 Å². The Balaban J connectivity index is 0.000000442. The molecule has 5 heterocycles. The number of cyclic esters (lactones) is 2. The summed E-state index contributed by atoms with van der Waals surface area (Å²) < 4.78 is 16.5. The SMILES string of the molecule is C[Si](C)(C)CCOCN(c1ccc2ncc(C3=CC(=O)OC3)cc2n1)c1nnc(C2CCCC2)s1.O=C1C=C(Br)CO1. The van der Waals surface area contributed by atoms with Crippen molar-refractivity contribution in [3.05, 3.63) is 51.6 Å². The van der Waals surface area contributed by atoms with Crippen LogP contribution < -0.4 is 4.90 Å². The van der Waals surface area contributed by atoms with Crippen LogP contribution in [0.25, 0.3) is 16.6 Å². The fraction of sp³-hybridized carbons (Fsp3) is 0.448. The molecule has 0 radical (unpaired) electrons. The maximum absolute atomic E-state index is 11.5. The van der Waals surface area contributed by atoms with Crippen molar-refractivity contribution in [1.82, 2.24) is 20.2 Å². The molecular weight excluding hydrogens is 638 g/mol. The second-order valence-corrected chi connectivity index (χ2v) is 19.2. The van der Waals surface area contributed by atoms with E-state index in [0.717, 1.165) is 48.7 Å². The van der Waals surface area contributed by atoms with Gasteiger partial charge in [-0.1, -0.05) is 59.7 Å². The van der Waals surface area contributed by atoms with E-state index >= 15 is 0 Å². The summed E-state index contributed by atoms with van der Waals surface area (Å²) in [6, 6.07) is 6.96. The minimum Gasteiger partial charge on any atom is -0.458 e. The van der Waals surface area contributed by atoms with Gasteiger partial charge in [0.25, 0.3) is 0 Å². The zero-order valence-electron chi connectivity index (χ0n) is 24.0. The third-order valence-corrected chi connectivity index (χ3v) is 10.3. The van der Waals surface area contributed by atoms with E-state index in [1.807, 2.05) is 23.1 Å². The quantitative estimate of drug-likeness (QED) is 0.110. The Morgan fingerprint density at radius 1 is 1.05 bits per heavy atom. The highest BCUT2D eigenvalue weighted by molar-refractivity contribution is 9.11. The lowest BCUT2D eigenvalue weighted by Gasteiger charge is -2.22. The van der Waals surface area contributed by atoms with Crippen LogP contribution in [-0.4, -0.2) is 66.7 Å². The molecule has 3 aromatic heterocycles. The molecule has 6 rings (SSSR count). The van der Waals surface area contributed by atoms with Gasteiger partial charge in [0.15, 0.2) is 0 Å². The standard InChI is InChI=1S/C25H31N5O3SSi.C4H3BrO2/c1-35(2,3)11-10-32-16-30(25-29-28-24(34-25)17-6-4-5-7-17)22-9-8-20-21(27-22)12-18(14-26-20)19-13-23(31)33-15-19;5-3-1-4(6)7-2-3/h8-9,12-14,17H,4-7,10-11,15-16H2,1-3H3;1H,2H2. The van der Waals surface area contributed by atoms with Crippen LogP contribution in [-0.2, 0) is 23.8 Å². The average Bonchev–Trinajstić information content (AvgIpc) is 3.77. The summed E-state index contributed by atoms with van der Waals surface area (Å²) in [5.74, 6) is 0.674. The van der Waals surface area contributed by atoms with Crippen molar-refractivity contribution in [2.75, 3.05) is 31.5 Å². The molecular formula is C29H34BrN5O5SSi. The number of rotatable bonds is 9. The number of carbonyl (C=O) groups excluding carboxylic acids is 2. The topological polar surface area (TPSA) is 117 Å². The zero-order valence-corrected chi connectivity index (χ0v) is 27.4. The van der Waals surface area contributed by atoms with Gasteiger partial charge in [-0.2, -0.15) is 0 Å². The highest BCUT2D eigenvalue weighted by atomic mass is 79.9. The first-order valence-corrected chi connectivity index (χ1v) is 19.3. The lowest BCUT2D eigenvalue weighted by atomic mass is 10.1. The monoisotopic (exact) mass is 671 g/mol. The van der Waals surface area contributed by atoms with Crippen LogP contribution in [0.1, 0.15) is 42.2 Å². The number of halogens is 1. The summed E-state index contributed by atoms with van der Waals surface area (Å²) in [7, 11) is -1.19. The first-order chi connectivity index (χ1) is 20.1. The second-order valence-electron chi connectivity index (χ2n) is 11.6. The molecule has 0 spiro atoms. The molecule has 222 valence electrons. The number of nitrogens with zero attached hydrogens (tertiary/aromatic N) is 5. The van der Waals surface area contributed by atoms with E-state index in [-0.39, 0.29) is 18.5 Å². The third-order valence-electron chi connectivity index (χ3n) is 7.04. The minimum atomic E-state index is -1.19. The number of carbonyl (C=O) groups is 2. The number of hydrogen-bond acceptors (Lipinski definition) is 11. The molecule has 3 aromatic rings. The first-order valence-electron chi connectivity index (χ1n) is 14.0. The second kappa shape index (κ2) is 13.5. The Labute approximate surface area is 258 Å². The molecule has 0 amide bonds. The molecule has 0 N–H and O–H groups in total. The van der Waals surface area contributed by atoms with Crippen LogP contribution in [0.2, 0.25) is 25.7 Å². The Hall–Kier alpha value is -3.00. The number of anilines is 2. The van der Waals surface area contributed by atoms with E-state index in [1.165, 1.54) is 37.8 Å². The number of fused-ring (bicyclic) bond motifs is 1. The number of pyridine rings is 2. The van der Waals surface area contributed by atoms with Gasteiger partial charge in [-0.05, 0) is 37.1 Å². The summed E-state index contributed by atoms with van der Waals surface area (Å²) in [6.45, 7) is 8.78. The van der Waals surface area contributed by atoms with Crippen molar-refractivity contribution in [3.63, 3.8) is 0 Å². The molecule has 3 aliphatic rings. The Kier molecular flexibility index (Phi) is 9.81. The maximum Gasteiger partial charge on any atom is 0.332 e. The summed E-state index contributed by atoms with van der Waals surface area (Å²) in [6.07, 6.45) is 9.58. The molecule has 10 nitrogen and oxygen atoms in total. The zero-order chi connectivity index (χ0) is 29.7. The van der Waals surface area contributed by atoms with Gasteiger partial charge in [-0.3, -0.25) is 9.88 Å². The predicted molar refractivity (Wildman–Crippen MR) is 169 cm³/mol. The number of hydrogen-bond donors (Lipinski definition) is 0. The fourth-order valence-corrected chi connectivity index (χ4v) is 6.71. The van der Waals surface area contributed by atoms with Crippen molar-refractivity contribution >= 4 is 74.8 Å². The van der Waals surface area contributed by atoms with Gasteiger partial charge in [-0.25, -0.2) is 14.6 Å². The third kappa shape index (κ3) is 8.09. The molecule has 0 aromatic carbocycles. The molecule has 0 bridgehead atoms. The van der Waals surface area contributed by atoms with E-state index in [2.05, 4.69) is 55.5 Å². The molecule has 1 saturated carbocycles. The summed E-state index contributed by atoms with van der Waals surface area (Å²) >= 11 is 4.73. The number of ether oxygens (including phenoxy) is 3. The normalized spacial score (nSPS) is 17.0. The molecule has 1 aliphatic carbocycles. The van der Waals surface area contributed by atoms with Gasteiger partial charge in [0.05, 0.1) is 11.0 Å². The molecule has 2 aliphatic heterocycles. The molecule has 1 fully saturated rings. The van der Waals surface area contributed by atoms with Crippen LogP contribution in [0.15, 0.2) is 41.0 Å². The Morgan fingerprint density at radius 2 is 1.81 bits per heavy atom. The molecule has 0 unspecified atom stereocenters. The van der Waals surface area contributed by atoms with Crippen LogP contribution in [0.3, 0.4) is 0 Å². The predicted octanol–water partition coefficient (Wildman–Crippen LogP) is 6.35. The summed E-state index contributed by atoms with van der Waals surface area (Å²) in [5, 5.41) is 11.0. The number of aromatic nitrogens is 4. The minimum absolute atomic E-state index is 0.258. The highest BCUT2D eigenvalue weighted by Gasteiger charge is 2.24. The smallest absolute Gasteiger partial charge is 0.332 e. The summed E-state index contributed by atoms with van der Waals surface area (Å²) in [4.78, 5) is 33.1. The molecule has 0 atom stereocenters. The Morgan fingerprint density at radius 3 is 2.45 bits per heavy atom. The van der Waals surface area contributed by atoms with Gasteiger partial charge >= 0.3 is 11.9 Å². The van der Waals surface area contributed by atoms with Crippen molar-refractivity contribution in [2.45, 2.75) is 57.3 Å². The maximum atomic E-state index is 11.5. The van der Waals surface area contributed by atoms with E-state index in [0.29, 0.717) is 25.9 Å². The van der Waals surface area contributed by atoms with Crippen molar-refractivity contribution < 1.29 is 23.8 Å². The largest absolute Gasteiger partial charge is 0.458 e. The lowest BCUT2D eigenvalue weighted by Crippen LogP contribution is -2.26. The van der Waals surface area contributed by atoms with Crippen LogP contribution in [0.4, 0.5) is 10.9 Å². The van der Waals surface area contributed by atoms with E-state index in [4.69, 9.17) is 14.5 Å². The number of esters is 2. The molecule has 42 heavy (non-hydrogen) atoms. The molecule has 0 saturated heterocycles. The molecule has 13 heteroatoms. The van der Waals surface area contributed by atoms with Crippen LogP contribution in [0.5, 0.6) is 0 Å². The Bertz CT molecular complexity index is 1520. The average molecular weight is 673 g/mol. The van der Waals surface area contributed by atoms with Gasteiger partial charge < -0.3 is 14.2 Å². The van der Waals surface area contributed by atoms with Crippen molar-refractivity contribution in [3.8, 4) is 0 Å². The highest BCUT2D eigenvalue weighted by Crippen LogP contribution is 2.38. The van der Waals surface area contributed by atoms with Crippen molar-refractivity contribution in [1.29, 1.82) is 0 Å². The van der Waals surface area contributed by atoms with Crippen molar-refractivity contribution in [2.24, 2.45) is 0 Å². The first kappa shape index (κ1) is 30.5. The van der Waals surface area contributed by atoms with Gasteiger partial charge in [0.1, 0.15) is 30.8 Å². The van der Waals surface area contributed by atoms with Gasteiger partial charge in [-0.15, -0.1) is 10.2 Å². The van der Waals surface area contributed by atoms with E-state index in [9.17, 15) is 9.59 Å². The fourth-order valence-electron chi connectivity index (χ4n) is 4.64. The summed E-state index contributed by atoms with van der Waals surface area (Å²) in [5.41, 5.74) is 3.18.